The average Bonchev–Trinajstić information content (AvgIpc) is 1.89. The summed E-state index contributed by atoms with van der Waals surface area (Å²) in [6.45, 7) is 3.99. The van der Waals surface area contributed by atoms with E-state index in [1.807, 2.05) is 0 Å². The molecule has 9 heavy (non-hydrogen) atoms. The lowest BCUT2D eigenvalue weighted by Gasteiger charge is -2.02. The Morgan fingerprint density at radius 2 is 2.33 bits per heavy atom. The van der Waals surface area contributed by atoms with Crippen molar-refractivity contribution in [2.45, 2.75) is 11.8 Å². The summed E-state index contributed by atoms with van der Waals surface area (Å²) >= 11 is 11.1. The summed E-state index contributed by atoms with van der Waals surface area (Å²) < 4.78 is 4.83. The van der Waals surface area contributed by atoms with Crippen molar-refractivity contribution in [2.24, 2.45) is 0 Å². The molecule has 0 aliphatic rings. The molecule has 0 rings (SSSR count). The van der Waals surface area contributed by atoms with Gasteiger partial charge >= 0.3 is 0 Å². The van der Waals surface area contributed by atoms with E-state index in [4.69, 9.17) is 27.9 Å². The fourth-order valence-electron chi connectivity index (χ4n) is 0.356. The Morgan fingerprint density at radius 1 is 1.67 bits per heavy atom. The summed E-state index contributed by atoms with van der Waals surface area (Å²) in [6, 6.07) is 0. The number of rotatable bonds is 5. The van der Waals surface area contributed by atoms with Crippen molar-refractivity contribution in [1.29, 1.82) is 0 Å². The van der Waals surface area contributed by atoms with Crippen LogP contribution in [-0.2, 0) is 4.74 Å². The summed E-state index contributed by atoms with van der Waals surface area (Å²) in [5, 5.41) is 0.0200. The molecule has 1 nitrogen and oxygen atoms in total. The summed E-state index contributed by atoms with van der Waals surface area (Å²) in [4.78, 5) is 0. The van der Waals surface area contributed by atoms with Crippen molar-refractivity contribution in [2.75, 3.05) is 12.5 Å². The van der Waals surface area contributed by atoms with Gasteiger partial charge in [0.1, 0.15) is 0 Å². The van der Waals surface area contributed by atoms with Gasteiger partial charge in [0, 0.05) is 5.88 Å². The van der Waals surface area contributed by atoms with Gasteiger partial charge in [-0.05, 0) is 6.42 Å². The van der Waals surface area contributed by atoms with Gasteiger partial charge in [-0.2, -0.15) is 0 Å². The third kappa shape index (κ3) is 6.00. The van der Waals surface area contributed by atoms with Gasteiger partial charge in [-0.15, -0.1) is 23.2 Å². The first-order chi connectivity index (χ1) is 4.31. The topological polar surface area (TPSA) is 9.23 Å². The van der Waals surface area contributed by atoms with Crippen LogP contribution in [0.2, 0.25) is 0 Å². The zero-order valence-electron chi connectivity index (χ0n) is 5.15. The first-order valence-corrected chi connectivity index (χ1v) is 3.71. The van der Waals surface area contributed by atoms with E-state index in [0.29, 0.717) is 12.5 Å². The molecule has 0 spiro atoms. The molecule has 0 saturated carbocycles. The predicted molar refractivity (Wildman–Crippen MR) is 41.1 cm³/mol. The number of hydrogen-bond acceptors (Lipinski definition) is 1. The number of alkyl halides is 2. The lowest BCUT2D eigenvalue weighted by molar-refractivity contribution is 0.246. The Bertz CT molecular complexity index is 75.5. The van der Waals surface area contributed by atoms with Crippen LogP contribution in [0.25, 0.3) is 0 Å². The second kappa shape index (κ2) is 6.24. The van der Waals surface area contributed by atoms with E-state index >= 15 is 0 Å². The molecular weight excluding hydrogens is 159 g/mol. The third-order valence-electron chi connectivity index (χ3n) is 0.834. The van der Waals surface area contributed by atoms with Crippen LogP contribution in [0.15, 0.2) is 12.8 Å². The van der Waals surface area contributed by atoms with E-state index in [-0.39, 0.29) is 5.38 Å². The van der Waals surface area contributed by atoms with E-state index in [0.717, 1.165) is 6.42 Å². The molecule has 54 valence electrons. The molecule has 3 heteroatoms. The quantitative estimate of drug-likeness (QED) is 0.348. The van der Waals surface area contributed by atoms with Gasteiger partial charge in [-0.25, -0.2) is 0 Å². The normalized spacial score (nSPS) is 12.7. The van der Waals surface area contributed by atoms with E-state index in [1.54, 1.807) is 0 Å². The van der Waals surface area contributed by atoms with Crippen LogP contribution in [0.3, 0.4) is 0 Å². The summed E-state index contributed by atoms with van der Waals surface area (Å²) in [6.07, 6.45) is 2.18. The highest BCUT2D eigenvalue weighted by molar-refractivity contribution is 6.28. The molecular formula is C6H10Cl2O. The molecule has 1 unspecified atom stereocenters. The van der Waals surface area contributed by atoms with E-state index < -0.39 is 0 Å². The van der Waals surface area contributed by atoms with Crippen molar-refractivity contribution in [1.82, 2.24) is 0 Å². The smallest absolute Gasteiger partial charge is 0.0887 e. The number of ether oxygens (including phenoxy) is 1. The number of halogens is 2. The van der Waals surface area contributed by atoms with E-state index in [1.165, 1.54) is 6.26 Å². The molecule has 0 aliphatic heterocycles. The van der Waals surface area contributed by atoms with Gasteiger partial charge in [-0.1, -0.05) is 6.58 Å². The van der Waals surface area contributed by atoms with Crippen LogP contribution in [-0.4, -0.2) is 17.9 Å². The molecule has 0 bridgehead atoms. The lowest BCUT2D eigenvalue weighted by atomic mass is 10.3. The summed E-state index contributed by atoms with van der Waals surface area (Å²) in [5.74, 6) is 0.474. The van der Waals surface area contributed by atoms with Crippen LogP contribution >= 0.6 is 23.2 Å². The maximum atomic E-state index is 5.65. The maximum Gasteiger partial charge on any atom is 0.0887 e. The molecule has 0 N–H and O–H groups in total. The standard InChI is InChI=1S/C6H10Cl2O/c1-2-9-4-3-6(8)5-7/h2,6H,1,3-5H2. The minimum Gasteiger partial charge on any atom is -0.502 e. The highest BCUT2D eigenvalue weighted by Gasteiger charge is 1.99. The van der Waals surface area contributed by atoms with E-state index in [9.17, 15) is 0 Å². The van der Waals surface area contributed by atoms with Crippen molar-refractivity contribution < 1.29 is 4.74 Å². The molecule has 0 aromatic heterocycles. The SMILES string of the molecule is C=COCCC(Cl)CCl. The zero-order chi connectivity index (χ0) is 7.11. The fourth-order valence-corrected chi connectivity index (χ4v) is 0.600. The highest BCUT2D eigenvalue weighted by atomic mass is 35.5. The van der Waals surface area contributed by atoms with Crippen molar-refractivity contribution in [3.63, 3.8) is 0 Å². The largest absolute Gasteiger partial charge is 0.502 e. The van der Waals surface area contributed by atoms with Gasteiger partial charge in [0.2, 0.25) is 0 Å². The number of hydrogen-bond donors (Lipinski definition) is 0. The minimum absolute atomic E-state index is 0.0200. The average molecular weight is 169 g/mol. The molecule has 0 radical (unpaired) electrons. The first-order valence-electron chi connectivity index (χ1n) is 2.73. The second-order valence-electron chi connectivity index (χ2n) is 1.58. The van der Waals surface area contributed by atoms with Crippen LogP contribution in [0.5, 0.6) is 0 Å². The minimum atomic E-state index is 0.0200. The van der Waals surface area contributed by atoms with Gasteiger partial charge in [0.05, 0.1) is 18.2 Å². The van der Waals surface area contributed by atoms with Gasteiger partial charge in [0.25, 0.3) is 0 Å². The van der Waals surface area contributed by atoms with Gasteiger partial charge in [0.15, 0.2) is 0 Å². The Balaban J connectivity index is 2.96. The Morgan fingerprint density at radius 3 is 2.78 bits per heavy atom. The molecule has 0 saturated heterocycles. The summed E-state index contributed by atoms with van der Waals surface area (Å²) in [5.41, 5.74) is 0. The first kappa shape index (κ1) is 9.12. The van der Waals surface area contributed by atoms with Crippen molar-refractivity contribution >= 4 is 23.2 Å². The molecule has 0 aliphatic carbocycles. The monoisotopic (exact) mass is 168 g/mol. The van der Waals surface area contributed by atoms with Crippen LogP contribution in [0.4, 0.5) is 0 Å². The van der Waals surface area contributed by atoms with Gasteiger partial charge in [-0.3, -0.25) is 0 Å². The fraction of sp³-hybridized carbons (Fsp3) is 0.667. The molecule has 0 amide bonds. The van der Waals surface area contributed by atoms with Gasteiger partial charge < -0.3 is 4.74 Å². The molecule has 0 aromatic carbocycles. The second-order valence-corrected chi connectivity index (χ2v) is 2.50. The molecule has 1 atom stereocenters. The van der Waals surface area contributed by atoms with E-state index in [2.05, 4.69) is 6.58 Å². The molecule has 0 fully saturated rings. The highest BCUT2D eigenvalue weighted by Crippen LogP contribution is 2.03. The Hall–Kier alpha value is 0.120. The van der Waals surface area contributed by atoms with Crippen LogP contribution < -0.4 is 0 Å². The predicted octanol–water partition coefficient (Wildman–Crippen LogP) is 2.38. The molecule has 0 heterocycles. The molecule has 0 aromatic rings. The van der Waals surface area contributed by atoms with Crippen LogP contribution in [0.1, 0.15) is 6.42 Å². The van der Waals surface area contributed by atoms with Crippen molar-refractivity contribution in [3.8, 4) is 0 Å². The lowest BCUT2D eigenvalue weighted by Crippen LogP contribution is -2.03. The summed E-state index contributed by atoms with van der Waals surface area (Å²) in [7, 11) is 0. The van der Waals surface area contributed by atoms with Crippen molar-refractivity contribution in [3.05, 3.63) is 12.8 Å². The van der Waals surface area contributed by atoms with Crippen LogP contribution in [0, 0.1) is 0 Å². The maximum absolute atomic E-state index is 5.65. The Labute approximate surface area is 65.6 Å². The zero-order valence-corrected chi connectivity index (χ0v) is 6.66. The Kier molecular flexibility index (Phi) is 6.33. The third-order valence-corrected chi connectivity index (χ3v) is 1.74.